The summed E-state index contributed by atoms with van der Waals surface area (Å²) in [5, 5.41) is 10.6. The smallest absolute Gasteiger partial charge is 0.289 e. The molecular weight excluding hydrogens is 398 g/mol. The number of nitrogens with zero attached hydrogens (tertiary/aromatic N) is 5. The van der Waals surface area contributed by atoms with Crippen molar-refractivity contribution in [3.05, 3.63) is 54.2 Å². The average Bonchev–Trinajstić information content (AvgIpc) is 3.52. The Balaban J connectivity index is 1.30. The zero-order chi connectivity index (χ0) is 21.6. The van der Waals surface area contributed by atoms with E-state index in [1.165, 1.54) is 6.26 Å². The van der Waals surface area contributed by atoms with Crippen LogP contribution in [-0.4, -0.2) is 77.2 Å². The largest absolute Gasteiger partial charge is 0.497 e. The topological polar surface area (TPSA) is 112 Å². The minimum atomic E-state index is -0.0830. The van der Waals surface area contributed by atoms with Crippen LogP contribution in [0.5, 0.6) is 5.75 Å². The molecule has 10 heteroatoms. The van der Waals surface area contributed by atoms with Crippen molar-refractivity contribution in [1.82, 2.24) is 30.3 Å². The van der Waals surface area contributed by atoms with Gasteiger partial charge in [0.15, 0.2) is 17.5 Å². The standard InChI is InChI=1S/C21H25N7O3/c1-22-21(28-11-9-27(10-12-28)20(29)17-4-3-13-31-17)23-14-18-24-19(26-25-18)15-5-7-16(30-2)8-6-15/h3-8,13H,9-12,14H2,1-2H3,(H,22,23)(H,24,25,26). The van der Waals surface area contributed by atoms with Gasteiger partial charge in [-0.2, -0.15) is 5.10 Å². The Morgan fingerprint density at radius 1 is 1.19 bits per heavy atom. The van der Waals surface area contributed by atoms with Gasteiger partial charge < -0.3 is 24.3 Å². The van der Waals surface area contributed by atoms with Gasteiger partial charge in [0.2, 0.25) is 0 Å². The van der Waals surface area contributed by atoms with Crippen molar-refractivity contribution in [2.75, 3.05) is 40.3 Å². The first-order chi connectivity index (χ1) is 15.2. The number of benzene rings is 1. The van der Waals surface area contributed by atoms with Crippen LogP contribution in [0.3, 0.4) is 0 Å². The third kappa shape index (κ3) is 4.68. The normalized spacial score (nSPS) is 14.6. The summed E-state index contributed by atoms with van der Waals surface area (Å²) in [6.07, 6.45) is 1.51. The van der Waals surface area contributed by atoms with Gasteiger partial charge in [0.05, 0.1) is 19.9 Å². The number of piperazine rings is 1. The van der Waals surface area contributed by atoms with Gasteiger partial charge in [-0.3, -0.25) is 14.9 Å². The summed E-state index contributed by atoms with van der Waals surface area (Å²) in [7, 11) is 3.38. The van der Waals surface area contributed by atoms with Crippen molar-refractivity contribution < 1.29 is 13.9 Å². The van der Waals surface area contributed by atoms with Gasteiger partial charge in [0, 0.05) is 38.8 Å². The molecule has 162 valence electrons. The number of nitrogens with one attached hydrogen (secondary N) is 2. The van der Waals surface area contributed by atoms with Crippen LogP contribution in [-0.2, 0) is 6.54 Å². The quantitative estimate of drug-likeness (QED) is 0.474. The Morgan fingerprint density at radius 3 is 2.58 bits per heavy atom. The van der Waals surface area contributed by atoms with E-state index in [4.69, 9.17) is 9.15 Å². The monoisotopic (exact) mass is 423 g/mol. The summed E-state index contributed by atoms with van der Waals surface area (Å²) in [5.74, 6) is 3.16. The van der Waals surface area contributed by atoms with Crippen molar-refractivity contribution >= 4 is 11.9 Å². The molecule has 3 aromatic rings. The predicted octanol–water partition coefficient (Wildman–Crippen LogP) is 1.61. The number of hydrogen-bond acceptors (Lipinski definition) is 6. The van der Waals surface area contributed by atoms with Gasteiger partial charge in [0.1, 0.15) is 11.6 Å². The van der Waals surface area contributed by atoms with E-state index in [0.717, 1.165) is 17.3 Å². The molecule has 1 aromatic carbocycles. The number of guanidine groups is 1. The number of carbonyl (C=O) groups is 1. The maximum atomic E-state index is 12.4. The summed E-state index contributed by atoms with van der Waals surface area (Å²) in [6.45, 7) is 3.02. The number of aliphatic imine (C=N–C) groups is 1. The zero-order valence-corrected chi connectivity index (χ0v) is 17.5. The number of hydrogen-bond donors (Lipinski definition) is 2. The summed E-state index contributed by atoms with van der Waals surface area (Å²) in [6, 6.07) is 11.0. The van der Waals surface area contributed by atoms with E-state index in [2.05, 4.69) is 30.4 Å². The molecule has 0 atom stereocenters. The van der Waals surface area contributed by atoms with Gasteiger partial charge in [0.25, 0.3) is 5.91 Å². The second kappa shape index (κ2) is 9.33. The van der Waals surface area contributed by atoms with Crippen molar-refractivity contribution in [3.63, 3.8) is 0 Å². The number of carbonyl (C=O) groups excluding carboxylic acids is 1. The maximum absolute atomic E-state index is 12.4. The lowest BCUT2D eigenvalue weighted by atomic mass is 10.2. The number of aromatic nitrogens is 3. The summed E-state index contributed by atoms with van der Waals surface area (Å²) in [4.78, 5) is 25.2. The molecule has 10 nitrogen and oxygen atoms in total. The highest BCUT2D eigenvalue weighted by atomic mass is 16.5. The molecule has 1 aliphatic rings. The fourth-order valence-electron chi connectivity index (χ4n) is 3.42. The van der Waals surface area contributed by atoms with E-state index in [9.17, 15) is 4.79 Å². The van der Waals surface area contributed by atoms with Crippen LogP contribution in [0.15, 0.2) is 52.1 Å². The third-order valence-electron chi connectivity index (χ3n) is 5.10. The average molecular weight is 423 g/mol. The molecule has 0 bridgehead atoms. The molecule has 0 unspecified atom stereocenters. The van der Waals surface area contributed by atoms with Gasteiger partial charge >= 0.3 is 0 Å². The molecule has 1 aliphatic heterocycles. The maximum Gasteiger partial charge on any atom is 0.289 e. The zero-order valence-electron chi connectivity index (χ0n) is 17.5. The van der Waals surface area contributed by atoms with Crippen LogP contribution < -0.4 is 10.1 Å². The number of rotatable bonds is 5. The van der Waals surface area contributed by atoms with Crippen LogP contribution >= 0.6 is 0 Å². The lowest BCUT2D eigenvalue weighted by Crippen LogP contribution is -2.53. The van der Waals surface area contributed by atoms with Crippen LogP contribution in [0.25, 0.3) is 11.4 Å². The Hall–Kier alpha value is -3.82. The minimum absolute atomic E-state index is 0.0830. The highest BCUT2D eigenvalue weighted by molar-refractivity contribution is 5.91. The molecule has 0 radical (unpaired) electrons. The van der Waals surface area contributed by atoms with Crippen molar-refractivity contribution in [2.45, 2.75) is 6.54 Å². The van der Waals surface area contributed by atoms with Gasteiger partial charge in [-0.05, 0) is 36.4 Å². The highest BCUT2D eigenvalue weighted by Crippen LogP contribution is 2.19. The minimum Gasteiger partial charge on any atom is -0.497 e. The predicted molar refractivity (Wildman–Crippen MR) is 115 cm³/mol. The molecule has 0 aliphatic carbocycles. The lowest BCUT2D eigenvalue weighted by molar-refractivity contribution is 0.0657. The number of aromatic amines is 1. The number of furan rings is 1. The third-order valence-corrected chi connectivity index (χ3v) is 5.10. The second-order valence-electron chi connectivity index (χ2n) is 6.99. The molecule has 0 saturated carbocycles. The van der Waals surface area contributed by atoms with Crippen LogP contribution in [0, 0.1) is 0 Å². The molecule has 1 fully saturated rings. The molecule has 31 heavy (non-hydrogen) atoms. The molecule has 1 saturated heterocycles. The van der Waals surface area contributed by atoms with E-state index in [0.29, 0.717) is 50.1 Å². The molecule has 3 heterocycles. The number of ether oxygens (including phenoxy) is 1. The molecule has 1 amide bonds. The van der Waals surface area contributed by atoms with Crippen molar-refractivity contribution in [2.24, 2.45) is 4.99 Å². The molecule has 2 N–H and O–H groups in total. The van der Waals surface area contributed by atoms with E-state index in [1.807, 2.05) is 24.3 Å². The fourth-order valence-corrected chi connectivity index (χ4v) is 3.42. The molecule has 0 spiro atoms. The summed E-state index contributed by atoms with van der Waals surface area (Å²) < 4.78 is 10.4. The van der Waals surface area contributed by atoms with E-state index >= 15 is 0 Å². The first-order valence-electron chi connectivity index (χ1n) is 10.0. The Morgan fingerprint density at radius 2 is 1.94 bits per heavy atom. The molecule has 2 aromatic heterocycles. The van der Waals surface area contributed by atoms with E-state index in [-0.39, 0.29) is 5.91 Å². The Kier molecular flexibility index (Phi) is 6.16. The van der Waals surface area contributed by atoms with Crippen molar-refractivity contribution in [1.29, 1.82) is 0 Å². The summed E-state index contributed by atoms with van der Waals surface area (Å²) >= 11 is 0. The lowest BCUT2D eigenvalue weighted by Gasteiger charge is -2.36. The Labute approximate surface area is 179 Å². The second-order valence-corrected chi connectivity index (χ2v) is 6.99. The SMILES string of the molecule is CN=C(NCc1nc(-c2ccc(OC)cc2)n[nH]1)N1CCN(C(=O)c2ccco2)CC1. The van der Waals surface area contributed by atoms with Gasteiger partial charge in [-0.1, -0.05) is 0 Å². The number of methoxy groups -OCH3 is 1. The van der Waals surface area contributed by atoms with Crippen molar-refractivity contribution in [3.8, 4) is 17.1 Å². The molecule has 4 rings (SSSR count). The first kappa shape index (κ1) is 20.5. The molecular formula is C21H25N7O3. The Bertz CT molecular complexity index is 1020. The first-order valence-corrected chi connectivity index (χ1v) is 10.0. The summed E-state index contributed by atoms with van der Waals surface area (Å²) in [5.41, 5.74) is 0.907. The number of H-pyrrole nitrogens is 1. The van der Waals surface area contributed by atoms with E-state index < -0.39 is 0 Å². The van der Waals surface area contributed by atoms with Crippen LogP contribution in [0.1, 0.15) is 16.4 Å². The number of amides is 1. The van der Waals surface area contributed by atoms with Gasteiger partial charge in [-0.15, -0.1) is 0 Å². The fraction of sp³-hybridized carbons (Fsp3) is 0.333. The van der Waals surface area contributed by atoms with Crippen LogP contribution in [0.2, 0.25) is 0 Å². The van der Waals surface area contributed by atoms with Crippen LogP contribution in [0.4, 0.5) is 0 Å². The highest BCUT2D eigenvalue weighted by Gasteiger charge is 2.25. The van der Waals surface area contributed by atoms with E-state index in [1.54, 1.807) is 31.2 Å². The van der Waals surface area contributed by atoms with Gasteiger partial charge in [-0.25, -0.2) is 4.98 Å².